The van der Waals surface area contributed by atoms with Crippen LogP contribution in [0.2, 0.25) is 0 Å². The van der Waals surface area contributed by atoms with Crippen molar-refractivity contribution in [1.82, 2.24) is 10.3 Å². The number of nitrogens with zero attached hydrogens (tertiary/aromatic N) is 2. The smallest absolute Gasteiger partial charge is 0.103 e. The number of benzene rings is 1. The van der Waals surface area contributed by atoms with E-state index in [2.05, 4.69) is 16.4 Å². The van der Waals surface area contributed by atoms with Gasteiger partial charge in [-0.3, -0.25) is 0 Å². The zero-order chi connectivity index (χ0) is 12.4. The molecule has 2 heterocycles. The van der Waals surface area contributed by atoms with Crippen molar-refractivity contribution in [2.45, 2.75) is 12.8 Å². The highest BCUT2D eigenvalue weighted by molar-refractivity contribution is 5.84. The van der Waals surface area contributed by atoms with Crippen LogP contribution in [-0.2, 0) is 0 Å². The third-order valence-corrected chi connectivity index (χ3v) is 3.21. The molecule has 0 bridgehead atoms. The molecule has 0 saturated carbocycles. The maximum absolute atomic E-state index is 9.32. The summed E-state index contributed by atoms with van der Waals surface area (Å²) < 4.78 is 0. The second kappa shape index (κ2) is 4.50. The Morgan fingerprint density at radius 1 is 1.22 bits per heavy atom. The van der Waals surface area contributed by atoms with Crippen LogP contribution in [0.4, 0.5) is 0 Å². The predicted octanol–water partition coefficient (Wildman–Crippen LogP) is 2.85. The normalized spacial score (nSPS) is 17.3. The first-order valence-electron chi connectivity index (χ1n) is 6.12. The molecule has 1 fully saturated rings. The van der Waals surface area contributed by atoms with Crippen molar-refractivity contribution in [2.24, 2.45) is 0 Å². The number of rotatable bonds is 1. The Morgan fingerprint density at radius 3 is 2.89 bits per heavy atom. The monoisotopic (exact) mass is 235 g/mol. The highest BCUT2D eigenvalue weighted by atomic mass is 14.9. The average molecular weight is 235 g/mol. The second-order valence-electron chi connectivity index (χ2n) is 4.38. The lowest BCUT2D eigenvalue weighted by Gasteiger charge is -2.05. The molecule has 0 unspecified atom stereocenters. The molecular weight excluding hydrogens is 222 g/mol. The van der Waals surface area contributed by atoms with Gasteiger partial charge in [-0.25, -0.2) is 4.98 Å². The molecule has 88 valence electrons. The first-order valence-corrected chi connectivity index (χ1v) is 6.12. The molecule has 18 heavy (non-hydrogen) atoms. The highest BCUT2D eigenvalue weighted by Gasteiger charge is 2.14. The van der Waals surface area contributed by atoms with Crippen molar-refractivity contribution in [1.29, 1.82) is 5.26 Å². The first-order chi connectivity index (χ1) is 8.88. The van der Waals surface area contributed by atoms with Gasteiger partial charge < -0.3 is 5.32 Å². The second-order valence-corrected chi connectivity index (χ2v) is 4.38. The SMILES string of the molecule is N#CC(=C1CCCN1)c1ccc2ccccc2n1. The van der Waals surface area contributed by atoms with Crippen LogP contribution in [0.3, 0.4) is 0 Å². The van der Waals surface area contributed by atoms with Crippen LogP contribution in [0.5, 0.6) is 0 Å². The molecular formula is C15H13N3. The van der Waals surface area contributed by atoms with Crippen molar-refractivity contribution in [3.63, 3.8) is 0 Å². The number of allylic oxidation sites excluding steroid dienone is 2. The number of pyridine rings is 1. The Morgan fingerprint density at radius 2 is 2.11 bits per heavy atom. The molecule has 0 aliphatic carbocycles. The largest absolute Gasteiger partial charge is 0.387 e. The molecule has 3 rings (SSSR count). The molecule has 0 spiro atoms. The number of hydrogen-bond donors (Lipinski definition) is 1. The minimum atomic E-state index is 0.679. The zero-order valence-electron chi connectivity index (χ0n) is 9.98. The van der Waals surface area contributed by atoms with Gasteiger partial charge in [-0.1, -0.05) is 24.3 Å². The van der Waals surface area contributed by atoms with Gasteiger partial charge in [-0.05, 0) is 25.0 Å². The maximum Gasteiger partial charge on any atom is 0.103 e. The number of fused-ring (bicyclic) bond motifs is 1. The van der Waals surface area contributed by atoms with E-state index in [4.69, 9.17) is 0 Å². The van der Waals surface area contributed by atoms with Crippen molar-refractivity contribution >= 4 is 16.5 Å². The molecule has 1 N–H and O–H groups in total. The Hall–Kier alpha value is -2.34. The first kappa shape index (κ1) is 10.8. The Kier molecular flexibility index (Phi) is 2.70. The fraction of sp³-hybridized carbons (Fsp3) is 0.200. The summed E-state index contributed by atoms with van der Waals surface area (Å²) in [6.07, 6.45) is 2.03. The fourth-order valence-electron chi connectivity index (χ4n) is 2.29. The van der Waals surface area contributed by atoms with E-state index in [1.807, 2.05) is 36.4 Å². The van der Waals surface area contributed by atoms with E-state index in [9.17, 15) is 5.26 Å². The van der Waals surface area contributed by atoms with Crippen LogP contribution in [0.25, 0.3) is 16.5 Å². The molecule has 1 aromatic heterocycles. The van der Waals surface area contributed by atoms with Crippen molar-refractivity contribution < 1.29 is 0 Å². The van der Waals surface area contributed by atoms with E-state index in [-0.39, 0.29) is 0 Å². The van der Waals surface area contributed by atoms with Gasteiger partial charge in [-0.2, -0.15) is 5.26 Å². The van der Waals surface area contributed by atoms with Gasteiger partial charge in [0.2, 0.25) is 0 Å². The van der Waals surface area contributed by atoms with Gasteiger partial charge in [-0.15, -0.1) is 0 Å². The van der Waals surface area contributed by atoms with Gasteiger partial charge in [0.05, 0.1) is 16.8 Å². The highest BCUT2D eigenvalue weighted by Crippen LogP contribution is 2.23. The summed E-state index contributed by atoms with van der Waals surface area (Å²) in [7, 11) is 0. The van der Waals surface area contributed by atoms with E-state index in [1.165, 1.54) is 0 Å². The predicted molar refractivity (Wildman–Crippen MR) is 71.5 cm³/mol. The molecule has 1 saturated heterocycles. The zero-order valence-corrected chi connectivity index (χ0v) is 9.98. The Balaban J connectivity index is 2.14. The van der Waals surface area contributed by atoms with Gasteiger partial charge in [0.15, 0.2) is 0 Å². The van der Waals surface area contributed by atoms with E-state index in [1.54, 1.807) is 0 Å². The summed E-state index contributed by atoms with van der Waals surface area (Å²) >= 11 is 0. The van der Waals surface area contributed by atoms with Gasteiger partial charge >= 0.3 is 0 Å². The minimum absolute atomic E-state index is 0.679. The molecule has 0 atom stereocenters. The summed E-state index contributed by atoms with van der Waals surface area (Å²) in [6, 6.07) is 14.2. The molecule has 0 radical (unpaired) electrons. The number of aromatic nitrogens is 1. The molecule has 3 nitrogen and oxygen atoms in total. The van der Waals surface area contributed by atoms with Crippen molar-refractivity contribution in [3.8, 4) is 6.07 Å². The number of nitrogens with one attached hydrogen (secondary N) is 1. The molecule has 3 heteroatoms. The van der Waals surface area contributed by atoms with Crippen LogP contribution in [0.1, 0.15) is 18.5 Å². The van der Waals surface area contributed by atoms with Gasteiger partial charge in [0.25, 0.3) is 0 Å². The molecule has 0 amide bonds. The van der Waals surface area contributed by atoms with E-state index >= 15 is 0 Å². The van der Waals surface area contributed by atoms with Crippen molar-refractivity contribution in [2.75, 3.05) is 6.54 Å². The van der Waals surface area contributed by atoms with Crippen LogP contribution in [0, 0.1) is 11.3 Å². The standard InChI is InChI=1S/C15H13N3/c16-10-12(14-6-3-9-17-14)15-8-7-11-4-1-2-5-13(11)18-15/h1-2,4-5,7-8,17H,3,6,9H2. The summed E-state index contributed by atoms with van der Waals surface area (Å²) in [5, 5.41) is 13.7. The quantitative estimate of drug-likeness (QED) is 0.773. The fourth-order valence-corrected chi connectivity index (χ4v) is 2.29. The lowest BCUT2D eigenvalue weighted by Crippen LogP contribution is -2.06. The number of para-hydroxylation sites is 1. The lowest BCUT2D eigenvalue weighted by atomic mass is 10.1. The van der Waals surface area contributed by atoms with Crippen LogP contribution < -0.4 is 5.32 Å². The summed E-state index contributed by atoms with van der Waals surface area (Å²) in [6.45, 7) is 0.952. The molecule has 1 aromatic carbocycles. The molecule has 2 aromatic rings. The molecule has 1 aliphatic heterocycles. The van der Waals surface area contributed by atoms with Gasteiger partial charge in [0.1, 0.15) is 6.07 Å². The summed E-state index contributed by atoms with van der Waals surface area (Å²) in [4.78, 5) is 4.57. The van der Waals surface area contributed by atoms with E-state index < -0.39 is 0 Å². The number of nitriles is 1. The van der Waals surface area contributed by atoms with Crippen molar-refractivity contribution in [3.05, 3.63) is 47.8 Å². The third kappa shape index (κ3) is 1.82. The van der Waals surface area contributed by atoms with E-state index in [0.29, 0.717) is 5.57 Å². The third-order valence-electron chi connectivity index (χ3n) is 3.21. The van der Waals surface area contributed by atoms with Crippen LogP contribution in [-0.4, -0.2) is 11.5 Å². The summed E-state index contributed by atoms with van der Waals surface area (Å²) in [5.74, 6) is 0. The van der Waals surface area contributed by atoms with Crippen LogP contribution in [0.15, 0.2) is 42.1 Å². The number of hydrogen-bond acceptors (Lipinski definition) is 3. The topological polar surface area (TPSA) is 48.7 Å². The van der Waals surface area contributed by atoms with Gasteiger partial charge in [0, 0.05) is 17.6 Å². The summed E-state index contributed by atoms with van der Waals surface area (Å²) in [5.41, 5.74) is 3.40. The van der Waals surface area contributed by atoms with Crippen LogP contribution >= 0.6 is 0 Å². The lowest BCUT2D eigenvalue weighted by molar-refractivity contribution is 0.904. The maximum atomic E-state index is 9.32. The Bertz CT molecular complexity index is 657. The van der Waals surface area contributed by atoms with E-state index in [0.717, 1.165) is 41.7 Å². The average Bonchev–Trinajstić information content (AvgIpc) is 2.93. The Labute approximate surface area is 106 Å². The molecule has 1 aliphatic rings. The minimum Gasteiger partial charge on any atom is -0.387 e.